The highest BCUT2D eigenvalue weighted by molar-refractivity contribution is 6.58. The van der Waals surface area contributed by atoms with E-state index in [0.717, 1.165) is 0 Å². The highest BCUT2D eigenvalue weighted by Gasteiger charge is 2.16. The van der Waals surface area contributed by atoms with Gasteiger partial charge in [0.25, 0.3) is 0 Å². The number of benzene rings is 2. The lowest BCUT2D eigenvalue weighted by Gasteiger charge is -2.10. The van der Waals surface area contributed by atoms with E-state index in [-0.39, 0.29) is 5.82 Å². The highest BCUT2D eigenvalue weighted by atomic mass is 19.1. The molecule has 3 rings (SSSR count). The van der Waals surface area contributed by atoms with Crippen molar-refractivity contribution in [3.05, 3.63) is 60.2 Å². The van der Waals surface area contributed by atoms with Gasteiger partial charge in [-0.05, 0) is 24.5 Å². The lowest BCUT2D eigenvalue weighted by Crippen LogP contribution is -2.29. The van der Waals surface area contributed by atoms with Crippen LogP contribution in [0.15, 0.2) is 48.5 Å². The first kappa shape index (κ1) is 14.4. The van der Waals surface area contributed by atoms with Gasteiger partial charge in [0.15, 0.2) is 5.82 Å². The van der Waals surface area contributed by atoms with Gasteiger partial charge in [-0.3, -0.25) is 4.57 Å². The van der Waals surface area contributed by atoms with E-state index in [9.17, 15) is 4.39 Å². The van der Waals surface area contributed by atoms with Crippen LogP contribution in [0.25, 0.3) is 17.1 Å². The molecule has 0 aliphatic rings. The number of hydrogen-bond acceptors (Lipinski definition) is 4. The predicted octanol–water partition coefficient (Wildman–Crippen LogP) is 1.06. The molecule has 0 amide bonds. The lowest BCUT2D eigenvalue weighted by atomic mass is 9.80. The maximum Gasteiger partial charge on any atom is 0.488 e. The third-order valence-corrected chi connectivity index (χ3v) is 3.39. The summed E-state index contributed by atoms with van der Waals surface area (Å²) in [7, 11) is -1.53. The predicted molar refractivity (Wildman–Crippen MR) is 81.3 cm³/mol. The number of aryl methyl sites for hydroxylation is 1. The lowest BCUT2D eigenvalue weighted by molar-refractivity contribution is 0.426. The Morgan fingerprint density at radius 1 is 1.00 bits per heavy atom. The highest BCUT2D eigenvalue weighted by Crippen LogP contribution is 2.23. The summed E-state index contributed by atoms with van der Waals surface area (Å²) < 4.78 is 15.7. The van der Waals surface area contributed by atoms with Crippen molar-refractivity contribution < 1.29 is 14.4 Å². The molecule has 0 spiro atoms. The van der Waals surface area contributed by atoms with Gasteiger partial charge in [0.05, 0.1) is 5.69 Å². The number of nitrogens with zero attached hydrogens (tertiary/aromatic N) is 3. The third-order valence-electron chi connectivity index (χ3n) is 3.39. The summed E-state index contributed by atoms with van der Waals surface area (Å²) >= 11 is 0. The molecule has 0 radical (unpaired) electrons. The van der Waals surface area contributed by atoms with E-state index in [4.69, 9.17) is 10.0 Å². The van der Waals surface area contributed by atoms with Crippen LogP contribution in [0, 0.1) is 12.7 Å². The van der Waals surface area contributed by atoms with Crippen molar-refractivity contribution in [1.29, 1.82) is 0 Å². The Balaban J connectivity index is 2.12. The van der Waals surface area contributed by atoms with Crippen LogP contribution >= 0.6 is 0 Å². The summed E-state index contributed by atoms with van der Waals surface area (Å²) in [5.41, 5.74) is 1.44. The van der Waals surface area contributed by atoms with Crippen molar-refractivity contribution in [3.63, 3.8) is 0 Å². The molecule has 2 N–H and O–H groups in total. The Kier molecular flexibility index (Phi) is 3.74. The minimum Gasteiger partial charge on any atom is -0.423 e. The zero-order valence-electron chi connectivity index (χ0n) is 11.8. The zero-order chi connectivity index (χ0) is 15.7. The number of aromatic nitrogens is 3. The van der Waals surface area contributed by atoms with E-state index in [1.165, 1.54) is 6.07 Å². The van der Waals surface area contributed by atoms with E-state index in [1.807, 2.05) is 0 Å². The fourth-order valence-electron chi connectivity index (χ4n) is 2.28. The van der Waals surface area contributed by atoms with Gasteiger partial charge in [-0.1, -0.05) is 36.4 Å². The fourth-order valence-corrected chi connectivity index (χ4v) is 2.28. The summed E-state index contributed by atoms with van der Waals surface area (Å²) in [6.45, 7) is 1.74. The maximum atomic E-state index is 14.1. The number of hydrogen-bond donors (Lipinski definition) is 2. The molecule has 5 nitrogen and oxygen atoms in total. The van der Waals surface area contributed by atoms with Crippen LogP contribution in [0.3, 0.4) is 0 Å². The van der Waals surface area contributed by atoms with Gasteiger partial charge in [0.2, 0.25) is 0 Å². The maximum absolute atomic E-state index is 14.1. The molecule has 0 bridgehead atoms. The van der Waals surface area contributed by atoms with E-state index in [2.05, 4.69) is 10.2 Å². The van der Waals surface area contributed by atoms with Crippen LogP contribution in [-0.2, 0) is 0 Å². The molecular weight excluding hydrogens is 284 g/mol. The van der Waals surface area contributed by atoms with Crippen molar-refractivity contribution in [2.45, 2.75) is 6.92 Å². The first-order valence-corrected chi connectivity index (χ1v) is 6.71. The molecule has 0 aliphatic heterocycles. The van der Waals surface area contributed by atoms with Gasteiger partial charge in [-0.15, -0.1) is 10.2 Å². The second kappa shape index (κ2) is 5.71. The molecule has 0 fully saturated rings. The van der Waals surface area contributed by atoms with Crippen molar-refractivity contribution in [2.75, 3.05) is 0 Å². The Morgan fingerprint density at radius 3 is 2.32 bits per heavy atom. The van der Waals surface area contributed by atoms with Gasteiger partial charge < -0.3 is 10.0 Å². The smallest absolute Gasteiger partial charge is 0.423 e. The second-order valence-electron chi connectivity index (χ2n) is 4.85. The molecule has 7 heteroatoms. The molecule has 0 unspecified atom stereocenters. The summed E-state index contributed by atoms with van der Waals surface area (Å²) in [6.07, 6.45) is 0. The molecule has 3 aromatic rings. The molecule has 0 atom stereocenters. The Hall–Kier alpha value is -2.51. The van der Waals surface area contributed by atoms with E-state index >= 15 is 0 Å². The van der Waals surface area contributed by atoms with Crippen molar-refractivity contribution in [1.82, 2.24) is 14.8 Å². The van der Waals surface area contributed by atoms with Crippen molar-refractivity contribution in [3.8, 4) is 17.1 Å². The van der Waals surface area contributed by atoms with Crippen LogP contribution in [-0.4, -0.2) is 31.9 Å². The zero-order valence-corrected chi connectivity index (χ0v) is 11.8. The molecule has 110 valence electrons. The average molecular weight is 297 g/mol. The van der Waals surface area contributed by atoms with E-state index in [1.54, 1.807) is 54.0 Å². The fraction of sp³-hybridized carbons (Fsp3) is 0.0667. The van der Waals surface area contributed by atoms with Gasteiger partial charge >= 0.3 is 7.12 Å². The summed E-state index contributed by atoms with van der Waals surface area (Å²) in [6, 6.07) is 12.9. The molecule has 0 aliphatic carbocycles. The van der Waals surface area contributed by atoms with Crippen LogP contribution in [0.4, 0.5) is 4.39 Å². The first-order chi connectivity index (χ1) is 10.6. The topological polar surface area (TPSA) is 71.2 Å². The molecular formula is C15H13BFN3O2. The second-order valence-corrected chi connectivity index (χ2v) is 4.85. The quantitative estimate of drug-likeness (QED) is 0.709. The van der Waals surface area contributed by atoms with Gasteiger partial charge in [0.1, 0.15) is 11.6 Å². The van der Waals surface area contributed by atoms with E-state index in [0.29, 0.717) is 28.4 Å². The standard InChI is InChI=1S/C15H13BFN3O2/c1-10-18-19-15(11-6-8-12(9-7-11)16(21)22)20(10)14-5-3-2-4-13(14)17/h2-9,21-22H,1H3. The monoisotopic (exact) mass is 297 g/mol. The van der Waals surface area contributed by atoms with Crippen molar-refractivity contribution in [2.24, 2.45) is 0 Å². The molecule has 2 aromatic carbocycles. The Bertz CT molecular complexity index is 803. The molecule has 22 heavy (non-hydrogen) atoms. The summed E-state index contributed by atoms with van der Waals surface area (Å²) in [5.74, 6) is 0.682. The van der Waals surface area contributed by atoms with Crippen molar-refractivity contribution >= 4 is 12.6 Å². The molecule has 1 aromatic heterocycles. The first-order valence-electron chi connectivity index (χ1n) is 6.71. The van der Waals surface area contributed by atoms with Gasteiger partial charge in [-0.2, -0.15) is 0 Å². The number of para-hydroxylation sites is 1. The number of rotatable bonds is 3. The SMILES string of the molecule is Cc1nnc(-c2ccc(B(O)O)cc2)n1-c1ccccc1F. The van der Waals surface area contributed by atoms with Crippen LogP contribution in [0.2, 0.25) is 0 Å². The summed E-state index contributed by atoms with van der Waals surface area (Å²) in [4.78, 5) is 0. The Morgan fingerprint density at radius 2 is 1.68 bits per heavy atom. The normalized spacial score (nSPS) is 10.7. The van der Waals surface area contributed by atoms with Crippen LogP contribution in [0.5, 0.6) is 0 Å². The number of halogens is 1. The van der Waals surface area contributed by atoms with Gasteiger partial charge in [0, 0.05) is 5.56 Å². The minimum atomic E-state index is -1.53. The molecule has 1 heterocycles. The molecule has 0 saturated carbocycles. The minimum absolute atomic E-state index is 0.367. The largest absolute Gasteiger partial charge is 0.488 e. The van der Waals surface area contributed by atoms with Gasteiger partial charge in [-0.25, -0.2) is 4.39 Å². The van der Waals surface area contributed by atoms with E-state index < -0.39 is 7.12 Å². The molecule has 0 saturated heterocycles. The van der Waals surface area contributed by atoms with Crippen LogP contribution in [0.1, 0.15) is 5.82 Å². The third kappa shape index (κ3) is 2.52. The Labute approximate surface area is 126 Å². The average Bonchev–Trinajstić information content (AvgIpc) is 2.89. The summed E-state index contributed by atoms with van der Waals surface area (Å²) in [5, 5.41) is 26.4. The van der Waals surface area contributed by atoms with Crippen LogP contribution < -0.4 is 5.46 Å².